The third-order valence-electron chi connectivity index (χ3n) is 3.83. The van der Waals surface area contributed by atoms with Crippen molar-refractivity contribution in [2.75, 3.05) is 21.3 Å². The van der Waals surface area contributed by atoms with Gasteiger partial charge in [-0.2, -0.15) is 0 Å². The predicted octanol–water partition coefficient (Wildman–Crippen LogP) is 5.83. The first-order chi connectivity index (χ1) is 13.2. The van der Waals surface area contributed by atoms with Crippen molar-refractivity contribution in [2.24, 2.45) is 0 Å². The van der Waals surface area contributed by atoms with E-state index in [0.29, 0.717) is 0 Å². The third-order valence-corrected chi connectivity index (χ3v) is 6.01. The van der Waals surface area contributed by atoms with E-state index in [9.17, 15) is 0 Å². The SMILES string of the molecule is CC.COc1cccc([S+](c2cccc(OC)c2)c2cccc(OC)c2)c1. The van der Waals surface area contributed by atoms with E-state index >= 15 is 0 Å². The molecule has 3 aromatic carbocycles. The van der Waals surface area contributed by atoms with Gasteiger partial charge in [0.2, 0.25) is 0 Å². The molecule has 3 aromatic rings. The summed E-state index contributed by atoms with van der Waals surface area (Å²) < 4.78 is 16.3. The van der Waals surface area contributed by atoms with E-state index < -0.39 is 0 Å². The van der Waals surface area contributed by atoms with Gasteiger partial charge in [-0.25, -0.2) is 0 Å². The molecule has 0 atom stereocenters. The zero-order valence-electron chi connectivity index (χ0n) is 16.6. The van der Waals surface area contributed by atoms with Crippen molar-refractivity contribution in [3.63, 3.8) is 0 Å². The van der Waals surface area contributed by atoms with Crippen LogP contribution >= 0.6 is 0 Å². The van der Waals surface area contributed by atoms with Crippen LogP contribution in [-0.4, -0.2) is 21.3 Å². The minimum absolute atomic E-state index is 0.290. The van der Waals surface area contributed by atoms with Gasteiger partial charge in [0, 0.05) is 18.2 Å². The Kier molecular flexibility index (Phi) is 8.08. The molecule has 0 heterocycles. The van der Waals surface area contributed by atoms with Crippen molar-refractivity contribution < 1.29 is 14.2 Å². The smallest absolute Gasteiger partial charge is 0.170 e. The zero-order valence-corrected chi connectivity index (χ0v) is 17.4. The summed E-state index contributed by atoms with van der Waals surface area (Å²) in [6.07, 6.45) is 0. The molecule has 0 N–H and O–H groups in total. The summed E-state index contributed by atoms with van der Waals surface area (Å²) in [5.74, 6) is 2.54. The van der Waals surface area contributed by atoms with Gasteiger partial charge in [-0.1, -0.05) is 32.0 Å². The number of hydrogen-bond acceptors (Lipinski definition) is 3. The lowest BCUT2D eigenvalue weighted by Crippen LogP contribution is -2.05. The minimum atomic E-state index is -0.290. The van der Waals surface area contributed by atoms with Gasteiger partial charge in [0.1, 0.15) is 17.2 Å². The molecule has 3 nitrogen and oxygen atoms in total. The van der Waals surface area contributed by atoms with E-state index in [1.165, 1.54) is 14.7 Å². The maximum absolute atomic E-state index is 5.42. The molecule has 0 unspecified atom stereocenters. The second-order valence-corrected chi connectivity index (χ2v) is 7.37. The lowest BCUT2D eigenvalue weighted by molar-refractivity contribution is 0.413. The van der Waals surface area contributed by atoms with Crippen LogP contribution in [0.1, 0.15) is 13.8 Å². The number of benzene rings is 3. The van der Waals surface area contributed by atoms with Crippen molar-refractivity contribution in [1.82, 2.24) is 0 Å². The number of rotatable bonds is 6. The molecule has 0 saturated heterocycles. The average Bonchev–Trinajstić information content (AvgIpc) is 2.76. The van der Waals surface area contributed by atoms with Crippen molar-refractivity contribution >= 4 is 10.9 Å². The van der Waals surface area contributed by atoms with Crippen LogP contribution in [0, 0.1) is 0 Å². The zero-order chi connectivity index (χ0) is 19.6. The monoisotopic (exact) mass is 383 g/mol. The molecule has 0 radical (unpaired) electrons. The molecule has 0 bridgehead atoms. The van der Waals surface area contributed by atoms with Gasteiger partial charge >= 0.3 is 0 Å². The molecule has 0 aliphatic carbocycles. The normalized spacial score (nSPS) is 10.0. The molecule has 0 aliphatic heterocycles. The first-order valence-electron chi connectivity index (χ1n) is 8.91. The Morgan fingerprint density at radius 3 is 1.07 bits per heavy atom. The standard InChI is InChI=1S/C21H21O3S.C2H6/c1-22-16-7-4-10-19(13-16)25(20-11-5-8-17(14-20)23-2)21-12-6-9-18(15-21)24-3;1-2/h4-15H,1-3H3;1-2H3/q+1;. The Balaban J connectivity index is 0.00000126. The minimum Gasteiger partial charge on any atom is -0.497 e. The van der Waals surface area contributed by atoms with Gasteiger partial charge in [-0.15, -0.1) is 0 Å². The second kappa shape index (κ2) is 10.5. The Labute approximate surface area is 165 Å². The maximum Gasteiger partial charge on any atom is 0.170 e. The molecular formula is C23H27O3S+. The van der Waals surface area contributed by atoms with Crippen molar-refractivity contribution in [2.45, 2.75) is 28.5 Å². The van der Waals surface area contributed by atoms with Crippen LogP contribution in [0.3, 0.4) is 0 Å². The Hall–Kier alpha value is -2.59. The van der Waals surface area contributed by atoms with Crippen LogP contribution < -0.4 is 14.2 Å². The quantitative estimate of drug-likeness (QED) is 0.501. The number of hydrogen-bond donors (Lipinski definition) is 0. The van der Waals surface area contributed by atoms with Crippen LogP contribution in [0.2, 0.25) is 0 Å². The molecule has 27 heavy (non-hydrogen) atoms. The summed E-state index contributed by atoms with van der Waals surface area (Å²) >= 11 is 0. The maximum atomic E-state index is 5.42. The topological polar surface area (TPSA) is 27.7 Å². The summed E-state index contributed by atoms with van der Waals surface area (Å²) in [4.78, 5) is 3.54. The van der Waals surface area contributed by atoms with Gasteiger partial charge in [0.05, 0.1) is 32.2 Å². The Bertz CT molecular complexity index is 735. The fourth-order valence-corrected chi connectivity index (χ4v) is 4.76. The first-order valence-corrected chi connectivity index (χ1v) is 10.1. The van der Waals surface area contributed by atoms with E-state index in [-0.39, 0.29) is 10.9 Å². The van der Waals surface area contributed by atoms with E-state index in [1.807, 2.05) is 50.2 Å². The van der Waals surface area contributed by atoms with E-state index in [1.54, 1.807) is 21.3 Å². The highest BCUT2D eigenvalue weighted by atomic mass is 32.2. The number of ether oxygens (including phenoxy) is 3. The lowest BCUT2D eigenvalue weighted by Gasteiger charge is -2.11. The van der Waals surface area contributed by atoms with Crippen molar-refractivity contribution in [3.8, 4) is 17.2 Å². The molecule has 0 spiro atoms. The first kappa shape index (κ1) is 20.7. The van der Waals surface area contributed by atoms with Crippen LogP contribution in [0.4, 0.5) is 0 Å². The highest BCUT2D eigenvalue weighted by molar-refractivity contribution is 7.97. The summed E-state index contributed by atoms with van der Waals surface area (Å²) in [6.45, 7) is 4.00. The van der Waals surface area contributed by atoms with E-state index in [0.717, 1.165) is 17.2 Å². The molecule has 142 valence electrons. The van der Waals surface area contributed by atoms with Crippen LogP contribution in [-0.2, 0) is 10.9 Å². The van der Waals surface area contributed by atoms with Gasteiger partial charge in [0.25, 0.3) is 0 Å². The summed E-state index contributed by atoms with van der Waals surface area (Å²) in [6, 6.07) is 24.6. The van der Waals surface area contributed by atoms with Crippen LogP contribution in [0.25, 0.3) is 0 Å². The number of methoxy groups -OCH3 is 3. The Morgan fingerprint density at radius 2 is 0.815 bits per heavy atom. The molecule has 0 amide bonds. The van der Waals surface area contributed by atoms with Gasteiger partial charge in [-0.05, 0) is 36.4 Å². The lowest BCUT2D eigenvalue weighted by atomic mass is 10.3. The van der Waals surface area contributed by atoms with Crippen molar-refractivity contribution in [1.29, 1.82) is 0 Å². The summed E-state index contributed by atoms with van der Waals surface area (Å²) in [5.41, 5.74) is 0. The average molecular weight is 384 g/mol. The molecule has 0 aliphatic rings. The largest absolute Gasteiger partial charge is 0.497 e. The molecule has 4 heteroatoms. The van der Waals surface area contributed by atoms with Gasteiger partial charge in [-0.3, -0.25) is 0 Å². The molecule has 0 aromatic heterocycles. The predicted molar refractivity (Wildman–Crippen MR) is 112 cm³/mol. The fourth-order valence-electron chi connectivity index (χ4n) is 2.59. The molecule has 0 saturated carbocycles. The van der Waals surface area contributed by atoms with Crippen LogP contribution in [0.15, 0.2) is 87.5 Å². The van der Waals surface area contributed by atoms with Crippen molar-refractivity contribution in [3.05, 3.63) is 72.8 Å². The molecule has 3 rings (SSSR count). The third kappa shape index (κ3) is 5.20. The van der Waals surface area contributed by atoms with E-state index in [2.05, 4.69) is 36.4 Å². The van der Waals surface area contributed by atoms with Gasteiger partial charge < -0.3 is 14.2 Å². The highest BCUT2D eigenvalue weighted by Crippen LogP contribution is 2.35. The van der Waals surface area contributed by atoms with Crippen LogP contribution in [0.5, 0.6) is 17.2 Å². The Morgan fingerprint density at radius 1 is 0.519 bits per heavy atom. The highest BCUT2D eigenvalue weighted by Gasteiger charge is 2.30. The molecule has 0 fully saturated rings. The summed E-state index contributed by atoms with van der Waals surface area (Å²) in [5, 5.41) is 0. The van der Waals surface area contributed by atoms with Gasteiger partial charge in [0.15, 0.2) is 14.7 Å². The fraction of sp³-hybridized carbons (Fsp3) is 0.217. The summed E-state index contributed by atoms with van der Waals surface area (Å²) in [7, 11) is 4.78. The molecular weight excluding hydrogens is 356 g/mol. The second-order valence-electron chi connectivity index (χ2n) is 5.34. The van der Waals surface area contributed by atoms with E-state index in [4.69, 9.17) is 14.2 Å².